The summed E-state index contributed by atoms with van der Waals surface area (Å²) in [5, 5.41) is 7.42. The van der Waals surface area contributed by atoms with Crippen molar-refractivity contribution in [2.75, 3.05) is 25.0 Å². The van der Waals surface area contributed by atoms with Crippen LogP contribution in [-0.4, -0.2) is 61.9 Å². The fourth-order valence-electron chi connectivity index (χ4n) is 3.45. The highest BCUT2D eigenvalue weighted by Gasteiger charge is 2.27. The van der Waals surface area contributed by atoms with Gasteiger partial charge in [-0.3, -0.25) is 9.48 Å². The molecule has 1 aliphatic rings. The van der Waals surface area contributed by atoms with Crippen LogP contribution in [0.2, 0.25) is 0 Å². The van der Waals surface area contributed by atoms with Crippen molar-refractivity contribution in [3.8, 4) is 0 Å². The summed E-state index contributed by atoms with van der Waals surface area (Å²) in [6, 6.07) is 0. The highest BCUT2D eigenvalue weighted by Crippen LogP contribution is 2.21. The number of amides is 2. The van der Waals surface area contributed by atoms with E-state index in [2.05, 4.69) is 20.4 Å². The van der Waals surface area contributed by atoms with Crippen LogP contribution in [0.25, 0.3) is 0 Å². The second-order valence-electron chi connectivity index (χ2n) is 8.90. The second-order valence-corrected chi connectivity index (χ2v) is 8.90. The molecule has 3 heterocycles. The first-order chi connectivity index (χ1) is 14.6. The molecule has 0 aromatic carbocycles. The van der Waals surface area contributed by atoms with E-state index in [1.54, 1.807) is 15.8 Å². The van der Waals surface area contributed by atoms with Crippen molar-refractivity contribution >= 4 is 17.8 Å². The number of ether oxygens (including phenoxy) is 1. The van der Waals surface area contributed by atoms with Gasteiger partial charge in [0, 0.05) is 45.5 Å². The zero-order valence-electron chi connectivity index (χ0n) is 18.6. The predicted octanol–water partition coefficient (Wildman–Crippen LogP) is 1.96. The van der Waals surface area contributed by atoms with E-state index in [4.69, 9.17) is 10.5 Å². The summed E-state index contributed by atoms with van der Waals surface area (Å²) in [5.41, 5.74) is 6.25. The highest BCUT2D eigenvalue weighted by atomic mass is 16.6. The molecule has 1 fully saturated rings. The Morgan fingerprint density at radius 2 is 1.97 bits per heavy atom. The van der Waals surface area contributed by atoms with Crippen molar-refractivity contribution < 1.29 is 14.3 Å². The number of carbonyl (C=O) groups excluding carboxylic acids is 2. The number of nitrogens with zero attached hydrogens (tertiary/aromatic N) is 5. The molecule has 0 saturated carbocycles. The maximum atomic E-state index is 12.2. The van der Waals surface area contributed by atoms with Gasteiger partial charge in [-0.15, -0.1) is 0 Å². The molecule has 1 aliphatic heterocycles. The van der Waals surface area contributed by atoms with Gasteiger partial charge in [0.15, 0.2) is 0 Å². The minimum Gasteiger partial charge on any atom is -0.444 e. The number of hydrogen-bond donors (Lipinski definition) is 2. The molecule has 2 aromatic heterocycles. The van der Waals surface area contributed by atoms with Crippen molar-refractivity contribution in [2.45, 2.75) is 45.6 Å². The zero-order valence-corrected chi connectivity index (χ0v) is 18.6. The molecule has 2 aromatic rings. The van der Waals surface area contributed by atoms with Gasteiger partial charge in [0.25, 0.3) is 5.91 Å². The lowest BCUT2D eigenvalue weighted by Gasteiger charge is -2.33. The van der Waals surface area contributed by atoms with Crippen molar-refractivity contribution in [1.29, 1.82) is 0 Å². The third-order valence-electron chi connectivity index (χ3n) is 5.05. The minimum atomic E-state index is -0.574. The third-order valence-corrected chi connectivity index (χ3v) is 5.05. The molecule has 31 heavy (non-hydrogen) atoms. The third kappa shape index (κ3) is 6.40. The van der Waals surface area contributed by atoms with Gasteiger partial charge in [-0.05, 0) is 45.1 Å². The molecule has 0 unspecified atom stereocenters. The summed E-state index contributed by atoms with van der Waals surface area (Å²) in [6.07, 6.45) is 7.04. The molecular formula is C21H31N7O3. The number of hydrogen-bond acceptors (Lipinski definition) is 7. The van der Waals surface area contributed by atoms with E-state index >= 15 is 0 Å². The standard InChI is InChI=1S/C21H31N7O3/c1-21(2,3)31-20(30)28-7-5-14(6-8-28)10-24-19-16(18(22)29)12-23-17(26-19)9-15-11-25-27(4)13-15/h11-14H,5-10H2,1-4H3,(H2,22,29)(H,23,24,26). The second kappa shape index (κ2) is 9.32. The SMILES string of the molecule is Cn1cc(Cc2ncc(C(N)=O)c(NCC3CCN(C(=O)OC(C)(C)C)CC3)n2)cn1. The molecule has 3 rings (SSSR count). The Morgan fingerprint density at radius 3 is 2.55 bits per heavy atom. The summed E-state index contributed by atoms with van der Waals surface area (Å²) in [7, 11) is 1.85. The predicted molar refractivity (Wildman–Crippen MR) is 116 cm³/mol. The smallest absolute Gasteiger partial charge is 0.410 e. The van der Waals surface area contributed by atoms with Gasteiger partial charge >= 0.3 is 6.09 Å². The molecule has 0 bridgehead atoms. The summed E-state index contributed by atoms with van der Waals surface area (Å²) in [6.45, 7) is 7.50. The fourth-order valence-corrected chi connectivity index (χ4v) is 3.45. The number of nitrogens with two attached hydrogens (primary N) is 1. The molecule has 10 heteroatoms. The van der Waals surface area contributed by atoms with Crippen LogP contribution in [-0.2, 0) is 18.2 Å². The van der Waals surface area contributed by atoms with E-state index < -0.39 is 11.5 Å². The Labute approximate surface area is 182 Å². The molecule has 3 N–H and O–H groups in total. The van der Waals surface area contributed by atoms with Crippen molar-refractivity contribution in [1.82, 2.24) is 24.6 Å². The Morgan fingerprint density at radius 1 is 1.26 bits per heavy atom. The Balaban J connectivity index is 1.58. The molecule has 0 aliphatic carbocycles. The van der Waals surface area contributed by atoms with Crippen LogP contribution >= 0.6 is 0 Å². The monoisotopic (exact) mass is 429 g/mol. The van der Waals surface area contributed by atoms with Crippen LogP contribution in [0.1, 0.15) is 55.4 Å². The van der Waals surface area contributed by atoms with Crippen LogP contribution in [0.5, 0.6) is 0 Å². The number of carbonyl (C=O) groups is 2. The average molecular weight is 430 g/mol. The van der Waals surface area contributed by atoms with Gasteiger partial charge < -0.3 is 20.7 Å². The van der Waals surface area contributed by atoms with E-state index in [0.29, 0.717) is 43.6 Å². The summed E-state index contributed by atoms with van der Waals surface area (Å²) < 4.78 is 7.16. The van der Waals surface area contributed by atoms with Gasteiger partial charge in [-0.25, -0.2) is 14.8 Å². The van der Waals surface area contributed by atoms with Crippen LogP contribution in [0.15, 0.2) is 18.6 Å². The Hall–Kier alpha value is -3.17. The lowest BCUT2D eigenvalue weighted by Crippen LogP contribution is -2.42. The van der Waals surface area contributed by atoms with Gasteiger partial charge in [0.1, 0.15) is 17.2 Å². The van der Waals surface area contributed by atoms with Crippen molar-refractivity contribution in [3.63, 3.8) is 0 Å². The molecule has 2 amide bonds. The molecular weight excluding hydrogens is 398 g/mol. The van der Waals surface area contributed by atoms with Gasteiger partial charge in [0.2, 0.25) is 0 Å². The van der Waals surface area contributed by atoms with E-state index in [-0.39, 0.29) is 11.7 Å². The minimum absolute atomic E-state index is 0.265. The maximum Gasteiger partial charge on any atom is 0.410 e. The van der Waals surface area contributed by atoms with E-state index in [0.717, 1.165) is 18.4 Å². The number of piperidine rings is 1. The number of rotatable bonds is 6. The van der Waals surface area contributed by atoms with Crippen LogP contribution < -0.4 is 11.1 Å². The average Bonchev–Trinajstić information content (AvgIpc) is 3.10. The van der Waals surface area contributed by atoms with Crippen molar-refractivity contribution in [3.05, 3.63) is 35.5 Å². The van der Waals surface area contributed by atoms with Crippen LogP contribution in [0.3, 0.4) is 0 Å². The summed E-state index contributed by atoms with van der Waals surface area (Å²) in [5.74, 6) is 0.794. The normalized spacial score (nSPS) is 15.0. The van der Waals surface area contributed by atoms with Gasteiger partial charge in [-0.2, -0.15) is 5.10 Å². The first-order valence-electron chi connectivity index (χ1n) is 10.5. The van der Waals surface area contributed by atoms with E-state index in [1.807, 2.05) is 34.0 Å². The number of aromatic nitrogens is 4. The van der Waals surface area contributed by atoms with Gasteiger partial charge in [0.05, 0.1) is 11.8 Å². The number of nitrogens with one attached hydrogen (secondary N) is 1. The Kier molecular flexibility index (Phi) is 6.77. The topological polar surface area (TPSA) is 128 Å². The maximum absolute atomic E-state index is 12.2. The summed E-state index contributed by atoms with van der Waals surface area (Å²) >= 11 is 0. The van der Waals surface area contributed by atoms with Crippen LogP contribution in [0, 0.1) is 5.92 Å². The number of primary amides is 1. The fraction of sp³-hybridized carbons (Fsp3) is 0.571. The lowest BCUT2D eigenvalue weighted by atomic mass is 9.97. The quantitative estimate of drug-likeness (QED) is 0.718. The lowest BCUT2D eigenvalue weighted by molar-refractivity contribution is 0.0188. The van der Waals surface area contributed by atoms with E-state index in [9.17, 15) is 9.59 Å². The molecule has 168 valence electrons. The largest absolute Gasteiger partial charge is 0.444 e. The number of aryl methyl sites for hydroxylation is 1. The molecule has 1 saturated heterocycles. The molecule has 0 radical (unpaired) electrons. The first kappa shape index (κ1) is 22.5. The highest BCUT2D eigenvalue weighted by molar-refractivity contribution is 5.97. The molecule has 10 nitrogen and oxygen atoms in total. The number of anilines is 1. The van der Waals surface area contributed by atoms with Crippen LogP contribution in [0.4, 0.5) is 10.6 Å². The molecule has 0 atom stereocenters. The number of likely N-dealkylation sites (tertiary alicyclic amines) is 1. The zero-order chi connectivity index (χ0) is 22.6. The van der Waals surface area contributed by atoms with Gasteiger partial charge in [-0.1, -0.05) is 0 Å². The molecule has 0 spiro atoms. The van der Waals surface area contributed by atoms with E-state index in [1.165, 1.54) is 6.20 Å². The Bertz CT molecular complexity index is 927. The summed E-state index contributed by atoms with van der Waals surface area (Å²) in [4.78, 5) is 34.6. The van der Waals surface area contributed by atoms with Crippen molar-refractivity contribution in [2.24, 2.45) is 18.7 Å². The first-order valence-corrected chi connectivity index (χ1v) is 10.5.